The highest BCUT2D eigenvalue weighted by Gasteiger charge is 2.14. The lowest BCUT2D eigenvalue weighted by molar-refractivity contribution is -0.131. The maximum atomic E-state index is 12.4. The second-order valence-corrected chi connectivity index (χ2v) is 5.85. The van der Waals surface area contributed by atoms with Gasteiger partial charge in [-0.2, -0.15) is 0 Å². The van der Waals surface area contributed by atoms with E-state index < -0.39 is 0 Å². The minimum atomic E-state index is 0.186. The monoisotopic (exact) mass is 288 g/mol. The molecule has 4 heteroatoms. The Morgan fingerprint density at radius 1 is 1.25 bits per heavy atom. The molecular weight excluding hydrogens is 268 g/mol. The number of hydrogen-bond donors (Lipinski definition) is 1. The summed E-state index contributed by atoms with van der Waals surface area (Å²) >= 11 is 1.63. The lowest BCUT2D eigenvalue weighted by atomic mass is 10.2. The van der Waals surface area contributed by atoms with Gasteiger partial charge in [-0.1, -0.05) is 25.1 Å². The van der Waals surface area contributed by atoms with Crippen LogP contribution < -0.4 is 5.73 Å². The molecule has 106 valence electrons. The van der Waals surface area contributed by atoms with E-state index in [1.807, 2.05) is 46.7 Å². The Morgan fingerprint density at radius 3 is 2.60 bits per heavy atom. The van der Waals surface area contributed by atoms with Gasteiger partial charge < -0.3 is 10.6 Å². The zero-order chi connectivity index (χ0) is 14.4. The molecule has 0 bridgehead atoms. The number of carbonyl (C=O) groups is 1. The molecule has 1 aromatic heterocycles. The molecule has 0 unspecified atom stereocenters. The van der Waals surface area contributed by atoms with Crippen LogP contribution in [0.2, 0.25) is 0 Å². The summed E-state index contributed by atoms with van der Waals surface area (Å²) in [6.45, 7) is 3.53. The van der Waals surface area contributed by atoms with Gasteiger partial charge in [-0.25, -0.2) is 0 Å². The molecule has 0 aliphatic carbocycles. The van der Waals surface area contributed by atoms with E-state index in [0.717, 1.165) is 29.1 Å². The Balaban J connectivity index is 2.02. The lowest BCUT2D eigenvalue weighted by Crippen LogP contribution is -2.32. The van der Waals surface area contributed by atoms with E-state index in [1.54, 1.807) is 11.3 Å². The summed E-state index contributed by atoms with van der Waals surface area (Å²) in [5.41, 5.74) is 7.56. The highest BCUT2D eigenvalue weighted by Crippen LogP contribution is 2.14. The molecule has 0 fully saturated rings. The number of hydrogen-bond acceptors (Lipinski definition) is 3. The fourth-order valence-corrected chi connectivity index (χ4v) is 2.78. The average Bonchev–Trinajstić information content (AvgIpc) is 2.93. The molecule has 2 N–H and O–H groups in total. The van der Waals surface area contributed by atoms with Crippen LogP contribution in [-0.2, 0) is 17.8 Å². The standard InChI is InChI=1S/C16H20N2OS/c1-2-9-18(12-13-5-7-14(17)8-6-13)16(19)11-15-4-3-10-20-15/h3-8,10H,2,9,11-12,17H2,1H3. The van der Waals surface area contributed by atoms with Crippen molar-refractivity contribution in [3.05, 3.63) is 52.2 Å². The molecule has 0 aliphatic heterocycles. The van der Waals surface area contributed by atoms with Gasteiger partial charge in [-0.3, -0.25) is 4.79 Å². The van der Waals surface area contributed by atoms with Crippen LogP contribution in [0.25, 0.3) is 0 Å². The van der Waals surface area contributed by atoms with Gasteiger partial charge in [0, 0.05) is 23.7 Å². The van der Waals surface area contributed by atoms with Crippen molar-refractivity contribution in [1.29, 1.82) is 0 Å². The third-order valence-corrected chi connectivity index (χ3v) is 3.98. The first-order valence-electron chi connectivity index (χ1n) is 6.83. The van der Waals surface area contributed by atoms with Gasteiger partial charge in [0.05, 0.1) is 6.42 Å². The topological polar surface area (TPSA) is 46.3 Å². The number of carbonyl (C=O) groups excluding carboxylic acids is 1. The van der Waals surface area contributed by atoms with Crippen LogP contribution >= 0.6 is 11.3 Å². The van der Waals surface area contributed by atoms with Gasteiger partial charge in [0.15, 0.2) is 0 Å². The van der Waals surface area contributed by atoms with Crippen molar-refractivity contribution in [2.24, 2.45) is 0 Å². The number of rotatable bonds is 6. The average molecular weight is 288 g/mol. The van der Waals surface area contributed by atoms with Crippen LogP contribution in [0.15, 0.2) is 41.8 Å². The predicted molar refractivity (Wildman–Crippen MR) is 84.6 cm³/mol. The summed E-state index contributed by atoms with van der Waals surface area (Å²) in [4.78, 5) is 15.4. The van der Waals surface area contributed by atoms with Gasteiger partial charge in [0.25, 0.3) is 0 Å². The zero-order valence-corrected chi connectivity index (χ0v) is 12.5. The first-order chi connectivity index (χ1) is 9.69. The molecule has 3 nitrogen and oxygen atoms in total. The smallest absolute Gasteiger partial charge is 0.228 e. The fourth-order valence-electron chi connectivity index (χ4n) is 2.08. The van der Waals surface area contributed by atoms with E-state index in [-0.39, 0.29) is 5.91 Å². The van der Waals surface area contributed by atoms with E-state index in [2.05, 4.69) is 6.92 Å². The van der Waals surface area contributed by atoms with Crippen molar-refractivity contribution in [2.45, 2.75) is 26.3 Å². The minimum absolute atomic E-state index is 0.186. The normalized spacial score (nSPS) is 10.4. The molecule has 1 aromatic carbocycles. The maximum absolute atomic E-state index is 12.4. The minimum Gasteiger partial charge on any atom is -0.399 e. The number of nitrogens with two attached hydrogens (primary N) is 1. The SMILES string of the molecule is CCCN(Cc1ccc(N)cc1)C(=O)Cc1cccs1. The molecular formula is C16H20N2OS. The molecule has 0 saturated heterocycles. The number of amides is 1. The number of nitrogens with zero attached hydrogens (tertiary/aromatic N) is 1. The van der Waals surface area contributed by atoms with E-state index in [4.69, 9.17) is 5.73 Å². The van der Waals surface area contributed by atoms with E-state index >= 15 is 0 Å². The molecule has 0 atom stereocenters. The Labute approximate surface area is 124 Å². The molecule has 2 rings (SSSR count). The van der Waals surface area contributed by atoms with Crippen molar-refractivity contribution in [3.63, 3.8) is 0 Å². The van der Waals surface area contributed by atoms with E-state index in [9.17, 15) is 4.79 Å². The van der Waals surface area contributed by atoms with Crippen LogP contribution in [0.5, 0.6) is 0 Å². The maximum Gasteiger partial charge on any atom is 0.228 e. The van der Waals surface area contributed by atoms with Gasteiger partial charge >= 0.3 is 0 Å². The Morgan fingerprint density at radius 2 is 2.00 bits per heavy atom. The van der Waals surface area contributed by atoms with E-state index in [0.29, 0.717) is 13.0 Å². The van der Waals surface area contributed by atoms with Crippen LogP contribution in [-0.4, -0.2) is 17.4 Å². The first-order valence-corrected chi connectivity index (χ1v) is 7.71. The predicted octanol–water partition coefficient (Wildman–Crippen LogP) is 3.31. The Hall–Kier alpha value is -1.81. The van der Waals surface area contributed by atoms with E-state index in [1.165, 1.54) is 0 Å². The number of thiophene rings is 1. The molecule has 1 amide bonds. The van der Waals surface area contributed by atoms with Crippen molar-refractivity contribution < 1.29 is 4.79 Å². The molecule has 20 heavy (non-hydrogen) atoms. The summed E-state index contributed by atoms with van der Waals surface area (Å²) in [7, 11) is 0. The van der Waals surface area contributed by atoms with Crippen molar-refractivity contribution in [1.82, 2.24) is 4.90 Å². The second kappa shape index (κ2) is 7.10. The van der Waals surface area contributed by atoms with Crippen LogP contribution in [0.4, 0.5) is 5.69 Å². The lowest BCUT2D eigenvalue weighted by Gasteiger charge is -2.22. The first kappa shape index (κ1) is 14.6. The van der Waals surface area contributed by atoms with Crippen LogP contribution in [0.3, 0.4) is 0 Å². The number of anilines is 1. The fraction of sp³-hybridized carbons (Fsp3) is 0.312. The molecule has 0 aliphatic rings. The largest absolute Gasteiger partial charge is 0.399 e. The summed E-state index contributed by atoms with van der Waals surface area (Å²) < 4.78 is 0. The molecule has 0 radical (unpaired) electrons. The Bertz CT molecular complexity index is 534. The zero-order valence-electron chi connectivity index (χ0n) is 11.7. The van der Waals surface area contributed by atoms with Crippen molar-refractivity contribution in [2.75, 3.05) is 12.3 Å². The summed E-state index contributed by atoms with van der Waals surface area (Å²) in [5.74, 6) is 0.186. The quantitative estimate of drug-likeness (QED) is 0.829. The van der Waals surface area contributed by atoms with Gasteiger partial charge in [-0.05, 0) is 35.6 Å². The third kappa shape index (κ3) is 4.10. The summed E-state index contributed by atoms with van der Waals surface area (Å²) in [6, 6.07) is 11.7. The van der Waals surface area contributed by atoms with Gasteiger partial charge in [0.2, 0.25) is 5.91 Å². The van der Waals surface area contributed by atoms with Gasteiger partial charge in [0.1, 0.15) is 0 Å². The Kier molecular flexibility index (Phi) is 5.18. The van der Waals surface area contributed by atoms with Crippen molar-refractivity contribution >= 4 is 22.9 Å². The highest BCUT2D eigenvalue weighted by molar-refractivity contribution is 7.10. The number of benzene rings is 1. The highest BCUT2D eigenvalue weighted by atomic mass is 32.1. The van der Waals surface area contributed by atoms with Crippen LogP contribution in [0.1, 0.15) is 23.8 Å². The van der Waals surface area contributed by atoms with Crippen molar-refractivity contribution in [3.8, 4) is 0 Å². The van der Waals surface area contributed by atoms with Gasteiger partial charge in [-0.15, -0.1) is 11.3 Å². The molecule has 0 saturated carbocycles. The second-order valence-electron chi connectivity index (χ2n) is 4.81. The molecule has 2 aromatic rings. The molecule has 0 spiro atoms. The number of nitrogen functional groups attached to an aromatic ring is 1. The van der Waals surface area contributed by atoms with Crippen LogP contribution in [0, 0.1) is 0 Å². The molecule has 1 heterocycles. The summed E-state index contributed by atoms with van der Waals surface area (Å²) in [6.07, 6.45) is 1.46. The third-order valence-electron chi connectivity index (χ3n) is 3.10. The summed E-state index contributed by atoms with van der Waals surface area (Å²) in [5, 5.41) is 2.01.